The fourth-order valence-electron chi connectivity index (χ4n) is 1.78. The van der Waals surface area contributed by atoms with Crippen LogP contribution >= 0.6 is 0 Å². The molecule has 0 bridgehead atoms. The lowest BCUT2D eigenvalue weighted by Gasteiger charge is -2.21. The highest BCUT2D eigenvalue weighted by Gasteiger charge is 2.10. The minimum Gasteiger partial charge on any atom is -0.370 e. The molecule has 0 amide bonds. The molecule has 18 heavy (non-hydrogen) atoms. The number of guanidine groups is 2. The Morgan fingerprint density at radius 2 is 1.94 bits per heavy atom. The highest BCUT2D eigenvalue weighted by molar-refractivity contribution is 6.01. The normalized spacial score (nSPS) is 9.94. The largest absolute Gasteiger partial charge is 0.370 e. The molecule has 1 rings (SSSR count). The van der Waals surface area contributed by atoms with Crippen LogP contribution in [0.15, 0.2) is 23.2 Å². The monoisotopic (exact) mass is 247 g/mol. The third-order valence-electron chi connectivity index (χ3n) is 2.85. The van der Waals surface area contributed by atoms with E-state index in [1.54, 1.807) is 11.9 Å². The average Bonchev–Trinajstić information content (AvgIpc) is 2.36. The van der Waals surface area contributed by atoms with Crippen LogP contribution in [0.1, 0.15) is 25.0 Å². The summed E-state index contributed by atoms with van der Waals surface area (Å²) in [6, 6.07) is 6.23. The Balaban J connectivity index is 3.09. The van der Waals surface area contributed by atoms with Gasteiger partial charge < -0.3 is 16.4 Å². The van der Waals surface area contributed by atoms with Crippen molar-refractivity contribution in [2.24, 2.45) is 16.5 Å². The highest BCUT2D eigenvalue weighted by atomic mass is 15.3. The second-order valence-corrected chi connectivity index (χ2v) is 4.09. The number of aryl methyl sites for hydroxylation is 2. The lowest BCUT2D eigenvalue weighted by atomic mass is 10.0. The maximum atomic E-state index is 7.81. The molecule has 1 aromatic carbocycles. The van der Waals surface area contributed by atoms with Crippen LogP contribution in [0, 0.1) is 5.41 Å². The van der Waals surface area contributed by atoms with Gasteiger partial charge in [-0.1, -0.05) is 26.0 Å². The molecule has 0 aromatic heterocycles. The van der Waals surface area contributed by atoms with Crippen molar-refractivity contribution in [2.75, 3.05) is 11.9 Å². The van der Waals surface area contributed by atoms with Gasteiger partial charge in [-0.3, -0.25) is 5.41 Å². The van der Waals surface area contributed by atoms with Crippen molar-refractivity contribution in [2.45, 2.75) is 26.7 Å². The van der Waals surface area contributed by atoms with E-state index in [-0.39, 0.29) is 11.9 Å². The Labute approximate surface area is 108 Å². The van der Waals surface area contributed by atoms with Gasteiger partial charge in [0.1, 0.15) is 0 Å². The fraction of sp³-hybridized carbons (Fsp3) is 0.385. The summed E-state index contributed by atoms with van der Waals surface area (Å²) in [5, 5.41) is 7.81. The van der Waals surface area contributed by atoms with E-state index in [0.29, 0.717) is 0 Å². The van der Waals surface area contributed by atoms with Crippen molar-refractivity contribution in [3.63, 3.8) is 0 Å². The zero-order valence-corrected chi connectivity index (χ0v) is 11.2. The summed E-state index contributed by atoms with van der Waals surface area (Å²) in [6.07, 6.45) is 1.91. The van der Waals surface area contributed by atoms with Crippen LogP contribution in [0.3, 0.4) is 0 Å². The average molecular weight is 247 g/mol. The SMILES string of the molecule is CCc1ccc(N(C)C(=N)N=C(N)N)c(CC)c1. The molecule has 0 fully saturated rings. The quantitative estimate of drug-likeness (QED) is 0.557. The van der Waals surface area contributed by atoms with Gasteiger partial charge in [-0.2, -0.15) is 4.99 Å². The zero-order valence-electron chi connectivity index (χ0n) is 11.2. The van der Waals surface area contributed by atoms with E-state index >= 15 is 0 Å². The predicted molar refractivity (Wildman–Crippen MR) is 77.1 cm³/mol. The Kier molecular flexibility index (Phi) is 4.71. The molecule has 0 aliphatic rings. The van der Waals surface area contributed by atoms with Gasteiger partial charge in [0.25, 0.3) is 0 Å². The molecule has 0 saturated carbocycles. The molecule has 5 N–H and O–H groups in total. The van der Waals surface area contributed by atoms with E-state index in [1.165, 1.54) is 11.1 Å². The number of nitrogens with zero attached hydrogens (tertiary/aromatic N) is 2. The van der Waals surface area contributed by atoms with E-state index in [9.17, 15) is 0 Å². The molecule has 0 spiro atoms. The van der Waals surface area contributed by atoms with Gasteiger partial charge >= 0.3 is 0 Å². The molecular weight excluding hydrogens is 226 g/mol. The molecule has 0 aliphatic heterocycles. The molecule has 0 saturated heterocycles. The molecule has 0 radical (unpaired) electrons. The lowest BCUT2D eigenvalue weighted by molar-refractivity contribution is 1.06. The van der Waals surface area contributed by atoms with Gasteiger partial charge in [0, 0.05) is 12.7 Å². The molecule has 98 valence electrons. The van der Waals surface area contributed by atoms with Crippen molar-refractivity contribution < 1.29 is 0 Å². The van der Waals surface area contributed by atoms with Gasteiger partial charge in [-0.05, 0) is 30.0 Å². The van der Waals surface area contributed by atoms with Gasteiger partial charge in [0.15, 0.2) is 5.96 Å². The van der Waals surface area contributed by atoms with Crippen LogP contribution in [-0.4, -0.2) is 19.0 Å². The van der Waals surface area contributed by atoms with E-state index in [0.717, 1.165) is 18.5 Å². The first-order valence-corrected chi connectivity index (χ1v) is 6.03. The molecule has 0 heterocycles. The number of nitrogens with two attached hydrogens (primary N) is 2. The molecule has 5 nitrogen and oxygen atoms in total. The lowest BCUT2D eigenvalue weighted by Crippen LogP contribution is -2.31. The number of aliphatic imine (C=N–C) groups is 1. The Hall–Kier alpha value is -2.04. The maximum absolute atomic E-state index is 7.81. The number of benzene rings is 1. The van der Waals surface area contributed by atoms with Crippen molar-refractivity contribution in [1.82, 2.24) is 0 Å². The first-order valence-electron chi connectivity index (χ1n) is 6.03. The Morgan fingerprint density at radius 3 is 2.44 bits per heavy atom. The topological polar surface area (TPSA) is 91.5 Å². The second-order valence-electron chi connectivity index (χ2n) is 4.09. The summed E-state index contributed by atoms with van der Waals surface area (Å²) < 4.78 is 0. The van der Waals surface area contributed by atoms with E-state index in [1.807, 2.05) is 6.07 Å². The summed E-state index contributed by atoms with van der Waals surface area (Å²) in [5.74, 6) is -0.0657. The second kappa shape index (κ2) is 6.05. The van der Waals surface area contributed by atoms with Gasteiger partial charge in [-0.15, -0.1) is 0 Å². The van der Waals surface area contributed by atoms with Crippen molar-refractivity contribution >= 4 is 17.6 Å². The molecule has 0 atom stereocenters. The molecule has 0 unspecified atom stereocenters. The smallest absolute Gasteiger partial charge is 0.225 e. The number of hydrogen-bond acceptors (Lipinski definition) is 1. The van der Waals surface area contributed by atoms with Crippen LogP contribution in [0.4, 0.5) is 5.69 Å². The first kappa shape index (κ1) is 14.0. The molecule has 0 aliphatic carbocycles. The fourth-order valence-corrected chi connectivity index (χ4v) is 1.78. The summed E-state index contributed by atoms with van der Waals surface area (Å²) in [7, 11) is 1.79. The summed E-state index contributed by atoms with van der Waals surface area (Å²) in [4.78, 5) is 5.43. The molecular formula is C13H21N5. The maximum Gasteiger partial charge on any atom is 0.225 e. The van der Waals surface area contributed by atoms with E-state index < -0.39 is 0 Å². The van der Waals surface area contributed by atoms with E-state index in [4.69, 9.17) is 16.9 Å². The number of nitrogens with one attached hydrogen (secondary N) is 1. The van der Waals surface area contributed by atoms with Crippen LogP contribution in [0.25, 0.3) is 0 Å². The number of anilines is 1. The predicted octanol–water partition coefficient (Wildman–Crippen LogP) is 1.46. The molecule has 5 heteroatoms. The zero-order chi connectivity index (χ0) is 13.7. The van der Waals surface area contributed by atoms with Crippen molar-refractivity contribution in [1.29, 1.82) is 5.41 Å². The standard InChI is InChI=1S/C13H21N5/c1-4-9-6-7-11(10(5-2)8-9)18(3)13(16)17-12(14)15/h6-8H,4-5H2,1-3H3,(H5,14,15,16,17). The minimum absolute atomic E-state index is 0.0361. The third-order valence-corrected chi connectivity index (χ3v) is 2.85. The highest BCUT2D eigenvalue weighted by Crippen LogP contribution is 2.22. The minimum atomic E-state index is -0.102. The van der Waals surface area contributed by atoms with E-state index in [2.05, 4.69) is 31.0 Å². The van der Waals surface area contributed by atoms with Crippen LogP contribution in [-0.2, 0) is 12.8 Å². The number of rotatable bonds is 3. The first-order chi connectivity index (χ1) is 8.49. The molecule has 1 aromatic rings. The van der Waals surface area contributed by atoms with Crippen LogP contribution < -0.4 is 16.4 Å². The summed E-state index contributed by atoms with van der Waals surface area (Å²) >= 11 is 0. The number of hydrogen-bond donors (Lipinski definition) is 3. The van der Waals surface area contributed by atoms with Crippen LogP contribution in [0.2, 0.25) is 0 Å². The van der Waals surface area contributed by atoms with Gasteiger partial charge in [-0.25, -0.2) is 0 Å². The Bertz CT molecular complexity index is 460. The Morgan fingerprint density at radius 1 is 1.28 bits per heavy atom. The van der Waals surface area contributed by atoms with Crippen molar-refractivity contribution in [3.05, 3.63) is 29.3 Å². The third kappa shape index (κ3) is 3.23. The van der Waals surface area contributed by atoms with Crippen molar-refractivity contribution in [3.8, 4) is 0 Å². The van der Waals surface area contributed by atoms with Gasteiger partial charge in [0.05, 0.1) is 0 Å². The van der Waals surface area contributed by atoms with Crippen LogP contribution in [0.5, 0.6) is 0 Å². The van der Waals surface area contributed by atoms with Gasteiger partial charge in [0.2, 0.25) is 5.96 Å². The summed E-state index contributed by atoms with van der Waals surface area (Å²) in [6.45, 7) is 4.22. The summed E-state index contributed by atoms with van der Waals surface area (Å²) in [5.41, 5.74) is 14.0.